The molecule has 5 rings (SSSR count). The monoisotopic (exact) mass is 464 g/mol. The summed E-state index contributed by atoms with van der Waals surface area (Å²) < 4.78 is 26.4. The third-order valence-electron chi connectivity index (χ3n) is 7.42. The smallest absolute Gasteiger partial charge is 0.262 e. The van der Waals surface area contributed by atoms with Gasteiger partial charge in [-0.25, -0.2) is 0 Å². The first-order valence-corrected chi connectivity index (χ1v) is 14.3. The molecule has 0 aromatic heterocycles. The quantitative estimate of drug-likeness (QED) is 0.602. The van der Waals surface area contributed by atoms with Crippen LogP contribution in [0.4, 0.5) is 0 Å². The van der Waals surface area contributed by atoms with Gasteiger partial charge in [0.25, 0.3) is 8.32 Å². The average Bonchev–Trinajstić information content (AvgIpc) is 2.83. The normalized spacial score (nSPS) is 27.1. The fraction of sp³-hybridized carbons (Fsp3) is 0.500. The van der Waals surface area contributed by atoms with Crippen molar-refractivity contribution in [2.75, 3.05) is 6.61 Å². The van der Waals surface area contributed by atoms with Gasteiger partial charge >= 0.3 is 0 Å². The predicted molar refractivity (Wildman–Crippen MR) is 133 cm³/mol. The van der Waals surface area contributed by atoms with Crippen molar-refractivity contribution < 1.29 is 18.6 Å². The lowest BCUT2D eigenvalue weighted by Gasteiger charge is -2.51. The highest BCUT2D eigenvalue weighted by Gasteiger charge is 2.55. The third kappa shape index (κ3) is 4.21. The lowest BCUT2D eigenvalue weighted by molar-refractivity contribution is -0.342. The number of hydrogen-bond donors (Lipinski definition) is 0. The van der Waals surface area contributed by atoms with E-state index in [1.165, 1.54) is 16.8 Å². The van der Waals surface area contributed by atoms with Crippen LogP contribution in [0.15, 0.2) is 73.0 Å². The van der Waals surface area contributed by atoms with Crippen molar-refractivity contribution in [1.82, 2.24) is 0 Å². The van der Waals surface area contributed by atoms with Crippen LogP contribution in [0.2, 0.25) is 5.04 Å². The molecule has 0 radical (unpaired) electrons. The van der Waals surface area contributed by atoms with E-state index >= 15 is 0 Å². The Morgan fingerprint density at radius 1 is 0.879 bits per heavy atom. The van der Waals surface area contributed by atoms with E-state index in [-0.39, 0.29) is 23.4 Å². The summed E-state index contributed by atoms with van der Waals surface area (Å²) in [5.41, 5.74) is 0. The van der Waals surface area contributed by atoms with Crippen molar-refractivity contribution in [3.05, 3.63) is 73.0 Å². The molecule has 0 bridgehead atoms. The Hall–Kier alpha value is -1.92. The third-order valence-corrected chi connectivity index (χ3v) is 12.4. The summed E-state index contributed by atoms with van der Waals surface area (Å²) in [6, 6.07) is 21.6. The van der Waals surface area contributed by atoms with Gasteiger partial charge in [0.1, 0.15) is 6.10 Å². The van der Waals surface area contributed by atoms with Gasteiger partial charge in [0.15, 0.2) is 11.9 Å². The molecule has 1 aliphatic carbocycles. The molecule has 2 heterocycles. The van der Waals surface area contributed by atoms with E-state index in [0.29, 0.717) is 6.61 Å². The minimum atomic E-state index is -2.70. The van der Waals surface area contributed by atoms with Crippen LogP contribution in [0.3, 0.4) is 0 Å². The van der Waals surface area contributed by atoms with Crippen LogP contribution in [0, 0.1) is 0 Å². The van der Waals surface area contributed by atoms with Gasteiger partial charge in [-0.1, -0.05) is 87.9 Å². The first-order chi connectivity index (χ1) is 15.9. The highest BCUT2D eigenvalue weighted by molar-refractivity contribution is 6.99. The number of hydrogen-bond acceptors (Lipinski definition) is 4. The maximum atomic E-state index is 7.41. The molecule has 2 aromatic rings. The Morgan fingerprint density at radius 3 is 2.06 bits per heavy atom. The summed E-state index contributed by atoms with van der Waals surface area (Å²) in [5.74, 6) is -0.485. The molecule has 176 valence electrons. The van der Waals surface area contributed by atoms with Gasteiger partial charge in [-0.15, -0.1) is 0 Å². The maximum absolute atomic E-state index is 7.41. The highest BCUT2D eigenvalue weighted by Crippen LogP contribution is 2.43. The van der Waals surface area contributed by atoms with Crippen molar-refractivity contribution in [1.29, 1.82) is 0 Å². The van der Waals surface area contributed by atoms with Gasteiger partial charge in [-0.2, -0.15) is 0 Å². The van der Waals surface area contributed by atoms with E-state index in [0.717, 1.165) is 25.7 Å². The van der Waals surface area contributed by atoms with Crippen LogP contribution < -0.4 is 10.4 Å². The van der Waals surface area contributed by atoms with Crippen LogP contribution in [-0.2, 0) is 18.6 Å². The van der Waals surface area contributed by atoms with Crippen LogP contribution in [0.1, 0.15) is 52.9 Å². The van der Waals surface area contributed by atoms with Gasteiger partial charge < -0.3 is 18.6 Å². The summed E-state index contributed by atoms with van der Waals surface area (Å²) in [6.07, 6.45) is 8.77. The molecule has 1 saturated heterocycles. The Morgan fingerprint density at radius 2 is 1.48 bits per heavy atom. The Bertz CT molecular complexity index is 907. The SMILES string of the molecule is CC(C)(C)[Si](OC1C=CO[C@@H]2COC3(CCCCC3)O[C@@H]12)(c1ccccc1)c1ccccc1. The summed E-state index contributed by atoms with van der Waals surface area (Å²) in [6.45, 7) is 7.49. The van der Waals surface area contributed by atoms with Gasteiger partial charge in [0.05, 0.1) is 19.0 Å². The van der Waals surface area contributed by atoms with Crippen molar-refractivity contribution in [2.45, 2.75) is 82.0 Å². The summed E-state index contributed by atoms with van der Waals surface area (Å²) in [5, 5.41) is 2.46. The molecule has 0 N–H and O–H groups in total. The number of fused-ring (bicyclic) bond motifs is 1. The second-order valence-electron chi connectivity index (χ2n) is 10.6. The second-order valence-corrected chi connectivity index (χ2v) is 14.9. The number of ether oxygens (including phenoxy) is 3. The zero-order chi connectivity index (χ0) is 22.9. The highest BCUT2D eigenvalue weighted by atomic mass is 28.4. The van der Waals surface area contributed by atoms with E-state index in [1.54, 1.807) is 6.26 Å². The van der Waals surface area contributed by atoms with E-state index in [4.69, 9.17) is 18.6 Å². The molecular formula is C28H36O4Si. The molecule has 2 aromatic carbocycles. The molecule has 5 heteroatoms. The average molecular weight is 465 g/mol. The number of rotatable bonds is 4. The minimum absolute atomic E-state index is 0.0922. The summed E-state index contributed by atoms with van der Waals surface area (Å²) >= 11 is 0. The fourth-order valence-electron chi connectivity index (χ4n) is 5.77. The first kappa shape index (κ1) is 22.8. The zero-order valence-corrected chi connectivity index (χ0v) is 21.0. The van der Waals surface area contributed by atoms with Gasteiger partial charge in [0.2, 0.25) is 0 Å². The van der Waals surface area contributed by atoms with Crippen molar-refractivity contribution in [3.63, 3.8) is 0 Å². The van der Waals surface area contributed by atoms with Crippen LogP contribution in [0.25, 0.3) is 0 Å². The van der Waals surface area contributed by atoms with Gasteiger partial charge in [-0.05, 0) is 34.3 Å². The molecule has 2 aliphatic heterocycles. The largest absolute Gasteiger partial charge is 0.493 e. The van der Waals surface area contributed by atoms with Gasteiger partial charge in [0, 0.05) is 12.8 Å². The molecule has 4 nitrogen and oxygen atoms in total. The first-order valence-electron chi connectivity index (χ1n) is 12.4. The van der Waals surface area contributed by atoms with E-state index < -0.39 is 14.1 Å². The molecule has 1 unspecified atom stereocenters. The molecule has 3 aliphatic rings. The molecule has 3 atom stereocenters. The molecule has 33 heavy (non-hydrogen) atoms. The summed E-state index contributed by atoms with van der Waals surface area (Å²) in [7, 11) is -2.70. The molecular weight excluding hydrogens is 428 g/mol. The summed E-state index contributed by atoms with van der Waals surface area (Å²) in [4.78, 5) is 0. The second kappa shape index (κ2) is 9.03. The van der Waals surface area contributed by atoms with E-state index in [1.807, 2.05) is 0 Å². The van der Waals surface area contributed by atoms with Crippen molar-refractivity contribution in [2.24, 2.45) is 0 Å². The topological polar surface area (TPSA) is 36.9 Å². The maximum Gasteiger partial charge on any atom is 0.262 e. The van der Waals surface area contributed by atoms with Crippen LogP contribution >= 0.6 is 0 Å². The Kier molecular flexibility index (Phi) is 6.25. The molecule has 0 amide bonds. The number of benzene rings is 2. The minimum Gasteiger partial charge on any atom is -0.493 e. The van der Waals surface area contributed by atoms with Crippen molar-refractivity contribution in [3.8, 4) is 0 Å². The standard InChI is InChI=1S/C28H36O4Si/c1-27(2,3)33(22-13-7-4-8-14-22,23-15-9-5-10-16-23)32-24-17-20-29-25-21-30-28(31-26(24)25)18-11-6-12-19-28/h4-5,7-10,13-17,20,24-26H,6,11-12,18-19,21H2,1-3H3/t24?,25-,26+/m1/s1. The molecule has 1 saturated carbocycles. The van der Waals surface area contributed by atoms with Gasteiger partial charge in [-0.3, -0.25) is 0 Å². The Labute approximate surface area is 199 Å². The fourth-order valence-corrected chi connectivity index (χ4v) is 10.4. The molecule has 2 fully saturated rings. The van der Waals surface area contributed by atoms with E-state index in [9.17, 15) is 0 Å². The molecule has 1 spiro atoms. The van der Waals surface area contributed by atoms with E-state index in [2.05, 4.69) is 87.5 Å². The van der Waals surface area contributed by atoms with Crippen molar-refractivity contribution >= 4 is 18.7 Å². The zero-order valence-electron chi connectivity index (χ0n) is 20.0. The lowest BCUT2D eigenvalue weighted by Crippen LogP contribution is -2.70. The Balaban J connectivity index is 1.56. The predicted octanol–water partition coefficient (Wildman–Crippen LogP) is 4.92. The van der Waals surface area contributed by atoms with Crippen LogP contribution in [0.5, 0.6) is 0 Å². The van der Waals surface area contributed by atoms with Crippen LogP contribution in [-0.4, -0.2) is 39.0 Å². The lowest BCUT2D eigenvalue weighted by atomic mass is 9.92.